The molecule has 0 radical (unpaired) electrons. The molecule has 1 saturated carbocycles. The standard InChI is InChI=1S/C11H12N2OS/c12-10(7-3-4-7)11-13-8(6-15-11)9-2-1-5-14-9/h1-2,5-7,10H,3-4,12H2. The highest BCUT2D eigenvalue weighted by Gasteiger charge is 2.31. The molecule has 15 heavy (non-hydrogen) atoms. The number of hydrogen-bond acceptors (Lipinski definition) is 4. The Labute approximate surface area is 91.9 Å². The van der Waals surface area contributed by atoms with E-state index in [2.05, 4.69) is 4.98 Å². The van der Waals surface area contributed by atoms with Crippen LogP contribution in [0.5, 0.6) is 0 Å². The summed E-state index contributed by atoms with van der Waals surface area (Å²) in [6, 6.07) is 3.91. The van der Waals surface area contributed by atoms with Crippen LogP contribution >= 0.6 is 11.3 Å². The first-order valence-corrected chi connectivity index (χ1v) is 5.97. The highest BCUT2D eigenvalue weighted by molar-refractivity contribution is 7.10. The molecule has 1 aliphatic carbocycles. The average Bonchev–Trinajstić information content (AvgIpc) is 2.80. The number of furan rings is 1. The van der Waals surface area contributed by atoms with Crippen LogP contribution in [0.4, 0.5) is 0 Å². The van der Waals surface area contributed by atoms with Crippen molar-refractivity contribution in [3.8, 4) is 11.5 Å². The molecule has 0 bridgehead atoms. The van der Waals surface area contributed by atoms with E-state index in [1.54, 1.807) is 17.6 Å². The van der Waals surface area contributed by atoms with Gasteiger partial charge in [0.1, 0.15) is 10.7 Å². The molecule has 0 aliphatic heterocycles. The van der Waals surface area contributed by atoms with Crippen molar-refractivity contribution in [2.75, 3.05) is 0 Å². The zero-order valence-corrected chi connectivity index (χ0v) is 9.04. The number of nitrogens with two attached hydrogens (primary N) is 1. The van der Waals surface area contributed by atoms with Crippen molar-refractivity contribution in [1.29, 1.82) is 0 Å². The Balaban J connectivity index is 1.87. The van der Waals surface area contributed by atoms with Gasteiger partial charge in [-0.05, 0) is 30.9 Å². The van der Waals surface area contributed by atoms with Crippen molar-refractivity contribution >= 4 is 11.3 Å². The summed E-state index contributed by atoms with van der Waals surface area (Å²) in [4.78, 5) is 4.51. The first-order valence-electron chi connectivity index (χ1n) is 5.09. The first-order chi connectivity index (χ1) is 7.34. The lowest BCUT2D eigenvalue weighted by Gasteiger charge is -2.04. The molecular weight excluding hydrogens is 208 g/mol. The predicted octanol–water partition coefficient (Wildman–Crippen LogP) is 2.81. The van der Waals surface area contributed by atoms with Crippen LogP contribution in [-0.2, 0) is 0 Å². The van der Waals surface area contributed by atoms with Crippen LogP contribution in [0.2, 0.25) is 0 Å². The average molecular weight is 220 g/mol. The minimum atomic E-state index is 0.124. The van der Waals surface area contributed by atoms with Gasteiger partial charge in [0.15, 0.2) is 5.76 Å². The van der Waals surface area contributed by atoms with E-state index in [0.717, 1.165) is 16.5 Å². The first kappa shape index (κ1) is 9.12. The second-order valence-electron chi connectivity index (χ2n) is 3.91. The van der Waals surface area contributed by atoms with Gasteiger partial charge in [0.2, 0.25) is 0 Å². The van der Waals surface area contributed by atoms with Gasteiger partial charge >= 0.3 is 0 Å². The van der Waals surface area contributed by atoms with Crippen LogP contribution < -0.4 is 5.73 Å². The Kier molecular flexibility index (Phi) is 2.11. The van der Waals surface area contributed by atoms with Crippen LogP contribution in [0, 0.1) is 5.92 Å². The molecule has 78 valence electrons. The molecule has 2 N–H and O–H groups in total. The van der Waals surface area contributed by atoms with Gasteiger partial charge < -0.3 is 10.2 Å². The predicted molar refractivity (Wildman–Crippen MR) is 59.5 cm³/mol. The minimum absolute atomic E-state index is 0.124. The summed E-state index contributed by atoms with van der Waals surface area (Å²) in [5.41, 5.74) is 6.98. The number of aromatic nitrogens is 1. The molecule has 0 saturated heterocycles. The van der Waals surface area contributed by atoms with Gasteiger partial charge in [0.25, 0.3) is 0 Å². The minimum Gasteiger partial charge on any atom is -0.463 e. The SMILES string of the molecule is NC(c1nc(-c2ccco2)cs1)C1CC1. The lowest BCUT2D eigenvalue weighted by molar-refractivity contribution is 0.578. The molecule has 0 amide bonds. The molecule has 1 unspecified atom stereocenters. The summed E-state index contributed by atoms with van der Waals surface area (Å²) in [7, 11) is 0. The topological polar surface area (TPSA) is 52.0 Å². The van der Waals surface area contributed by atoms with E-state index in [-0.39, 0.29) is 6.04 Å². The van der Waals surface area contributed by atoms with Gasteiger partial charge in [0.05, 0.1) is 12.3 Å². The Morgan fingerprint density at radius 2 is 2.40 bits per heavy atom. The van der Waals surface area contributed by atoms with Crippen molar-refractivity contribution < 1.29 is 4.42 Å². The molecule has 2 heterocycles. The third-order valence-corrected chi connectivity index (χ3v) is 3.66. The molecule has 4 heteroatoms. The zero-order valence-electron chi connectivity index (χ0n) is 8.22. The van der Waals surface area contributed by atoms with E-state index in [0.29, 0.717) is 5.92 Å². The smallest absolute Gasteiger partial charge is 0.153 e. The molecule has 1 fully saturated rings. The summed E-state index contributed by atoms with van der Waals surface area (Å²) in [6.07, 6.45) is 4.16. The van der Waals surface area contributed by atoms with E-state index in [9.17, 15) is 0 Å². The van der Waals surface area contributed by atoms with Gasteiger partial charge in [0, 0.05) is 5.38 Å². The fourth-order valence-corrected chi connectivity index (χ4v) is 2.54. The monoisotopic (exact) mass is 220 g/mol. The molecule has 1 aliphatic rings. The second kappa shape index (κ2) is 3.47. The van der Waals surface area contributed by atoms with E-state index in [1.165, 1.54) is 12.8 Å². The molecule has 2 aromatic rings. The summed E-state index contributed by atoms with van der Waals surface area (Å²) in [5, 5.41) is 3.04. The summed E-state index contributed by atoms with van der Waals surface area (Å²) < 4.78 is 5.29. The normalized spacial score (nSPS) is 17.9. The van der Waals surface area contributed by atoms with Crippen LogP contribution in [0.3, 0.4) is 0 Å². The van der Waals surface area contributed by atoms with Crippen LogP contribution in [0.1, 0.15) is 23.9 Å². The second-order valence-corrected chi connectivity index (χ2v) is 4.80. The number of rotatable bonds is 3. The van der Waals surface area contributed by atoms with Gasteiger partial charge in [-0.15, -0.1) is 11.3 Å². The highest BCUT2D eigenvalue weighted by atomic mass is 32.1. The molecule has 0 spiro atoms. The van der Waals surface area contributed by atoms with Crippen molar-refractivity contribution in [3.05, 3.63) is 28.8 Å². The van der Waals surface area contributed by atoms with E-state index < -0.39 is 0 Å². The van der Waals surface area contributed by atoms with E-state index in [4.69, 9.17) is 10.2 Å². The maximum Gasteiger partial charge on any atom is 0.153 e. The molecule has 3 rings (SSSR count). The van der Waals surface area contributed by atoms with E-state index >= 15 is 0 Å². The molecule has 2 aromatic heterocycles. The van der Waals surface area contributed by atoms with Crippen LogP contribution in [-0.4, -0.2) is 4.98 Å². The van der Waals surface area contributed by atoms with Crippen LogP contribution in [0.25, 0.3) is 11.5 Å². The fraction of sp³-hybridized carbons (Fsp3) is 0.364. The fourth-order valence-electron chi connectivity index (χ4n) is 1.64. The molecular formula is C11H12N2OS. The van der Waals surface area contributed by atoms with Crippen molar-refractivity contribution in [1.82, 2.24) is 4.98 Å². The Morgan fingerprint density at radius 1 is 1.53 bits per heavy atom. The van der Waals surface area contributed by atoms with Crippen molar-refractivity contribution in [2.24, 2.45) is 11.7 Å². The summed E-state index contributed by atoms with van der Waals surface area (Å²) in [5.74, 6) is 1.47. The Morgan fingerprint density at radius 3 is 3.07 bits per heavy atom. The van der Waals surface area contributed by atoms with Gasteiger partial charge in [-0.25, -0.2) is 4.98 Å². The number of hydrogen-bond donors (Lipinski definition) is 1. The van der Waals surface area contributed by atoms with Gasteiger partial charge in [-0.2, -0.15) is 0 Å². The van der Waals surface area contributed by atoms with Crippen molar-refractivity contribution in [3.63, 3.8) is 0 Å². The number of nitrogens with zero attached hydrogens (tertiary/aromatic N) is 1. The highest BCUT2D eigenvalue weighted by Crippen LogP contribution is 2.40. The van der Waals surface area contributed by atoms with E-state index in [1.807, 2.05) is 17.5 Å². The summed E-state index contributed by atoms with van der Waals surface area (Å²) >= 11 is 1.63. The Hall–Kier alpha value is -1.13. The summed E-state index contributed by atoms with van der Waals surface area (Å²) in [6.45, 7) is 0. The third kappa shape index (κ3) is 1.70. The lowest BCUT2D eigenvalue weighted by Crippen LogP contribution is -2.11. The molecule has 1 atom stereocenters. The van der Waals surface area contributed by atoms with Crippen molar-refractivity contribution in [2.45, 2.75) is 18.9 Å². The van der Waals surface area contributed by atoms with Gasteiger partial charge in [-0.3, -0.25) is 0 Å². The third-order valence-electron chi connectivity index (χ3n) is 2.71. The number of thiazole rings is 1. The maximum absolute atomic E-state index is 6.08. The zero-order chi connectivity index (χ0) is 10.3. The molecule has 3 nitrogen and oxygen atoms in total. The van der Waals surface area contributed by atoms with Gasteiger partial charge in [-0.1, -0.05) is 0 Å². The largest absolute Gasteiger partial charge is 0.463 e. The molecule has 0 aromatic carbocycles. The van der Waals surface area contributed by atoms with Crippen LogP contribution in [0.15, 0.2) is 28.2 Å². The lowest BCUT2D eigenvalue weighted by atomic mass is 10.2. The Bertz CT molecular complexity index is 445. The maximum atomic E-state index is 6.08. The quantitative estimate of drug-likeness (QED) is 0.865.